The standard InChI is InChI=1S/C12H24O3/c1-9(2)7-15-11(13)12(5,8-14-6)10(3)4/h9-10H,7-8H2,1-6H3. The van der Waals surface area contributed by atoms with E-state index < -0.39 is 5.41 Å². The van der Waals surface area contributed by atoms with Gasteiger partial charge in [0.1, 0.15) is 0 Å². The van der Waals surface area contributed by atoms with Gasteiger partial charge in [0.2, 0.25) is 0 Å². The van der Waals surface area contributed by atoms with E-state index in [1.807, 2.05) is 34.6 Å². The first-order chi connectivity index (χ1) is 6.84. The van der Waals surface area contributed by atoms with Crippen LogP contribution in [0.15, 0.2) is 0 Å². The van der Waals surface area contributed by atoms with Crippen molar-refractivity contribution in [3.05, 3.63) is 0 Å². The number of methoxy groups -OCH3 is 1. The molecular weight excluding hydrogens is 192 g/mol. The van der Waals surface area contributed by atoms with Crippen molar-refractivity contribution in [1.29, 1.82) is 0 Å². The molecule has 1 atom stereocenters. The number of carbonyl (C=O) groups excluding carboxylic acids is 1. The lowest BCUT2D eigenvalue weighted by molar-refractivity contribution is -0.162. The van der Waals surface area contributed by atoms with E-state index >= 15 is 0 Å². The average molecular weight is 216 g/mol. The van der Waals surface area contributed by atoms with Gasteiger partial charge in [0, 0.05) is 7.11 Å². The molecule has 15 heavy (non-hydrogen) atoms. The lowest BCUT2D eigenvalue weighted by Crippen LogP contribution is -2.39. The van der Waals surface area contributed by atoms with Crippen LogP contribution in [0.4, 0.5) is 0 Å². The second-order valence-electron chi connectivity index (χ2n) is 5.00. The Balaban J connectivity index is 4.42. The first-order valence-electron chi connectivity index (χ1n) is 5.50. The van der Waals surface area contributed by atoms with Crippen molar-refractivity contribution in [3.63, 3.8) is 0 Å². The zero-order chi connectivity index (χ0) is 12.1. The third kappa shape index (κ3) is 4.20. The number of hydrogen-bond donors (Lipinski definition) is 0. The van der Waals surface area contributed by atoms with Crippen LogP contribution >= 0.6 is 0 Å². The van der Waals surface area contributed by atoms with Gasteiger partial charge in [0.05, 0.1) is 18.6 Å². The van der Waals surface area contributed by atoms with Crippen molar-refractivity contribution in [1.82, 2.24) is 0 Å². The zero-order valence-electron chi connectivity index (χ0n) is 10.8. The van der Waals surface area contributed by atoms with E-state index in [1.165, 1.54) is 0 Å². The second kappa shape index (κ2) is 6.11. The summed E-state index contributed by atoms with van der Waals surface area (Å²) in [5, 5.41) is 0. The average Bonchev–Trinajstić information content (AvgIpc) is 2.13. The molecule has 0 saturated heterocycles. The van der Waals surface area contributed by atoms with Crippen molar-refractivity contribution in [2.24, 2.45) is 17.3 Å². The minimum Gasteiger partial charge on any atom is -0.465 e. The van der Waals surface area contributed by atoms with Crippen LogP contribution in [0.5, 0.6) is 0 Å². The largest absolute Gasteiger partial charge is 0.465 e. The predicted octanol–water partition coefficient (Wildman–Crippen LogP) is 2.49. The van der Waals surface area contributed by atoms with E-state index in [9.17, 15) is 4.79 Å². The Morgan fingerprint density at radius 2 is 1.80 bits per heavy atom. The van der Waals surface area contributed by atoms with Crippen LogP contribution < -0.4 is 0 Å². The SMILES string of the molecule is COCC(C)(C(=O)OCC(C)C)C(C)C. The molecule has 3 nitrogen and oxygen atoms in total. The van der Waals surface area contributed by atoms with Crippen molar-refractivity contribution in [2.45, 2.75) is 34.6 Å². The molecule has 0 spiro atoms. The molecule has 0 heterocycles. The molecule has 0 fully saturated rings. The Kier molecular flexibility index (Phi) is 5.88. The lowest BCUT2D eigenvalue weighted by Gasteiger charge is -2.30. The number of hydrogen-bond acceptors (Lipinski definition) is 3. The second-order valence-corrected chi connectivity index (χ2v) is 5.00. The highest BCUT2D eigenvalue weighted by atomic mass is 16.5. The van der Waals surface area contributed by atoms with E-state index in [0.29, 0.717) is 19.1 Å². The molecule has 3 heteroatoms. The zero-order valence-corrected chi connectivity index (χ0v) is 10.8. The van der Waals surface area contributed by atoms with Crippen LogP contribution in [-0.4, -0.2) is 26.3 Å². The number of esters is 1. The molecule has 0 aliphatic heterocycles. The van der Waals surface area contributed by atoms with Crippen LogP contribution in [0, 0.1) is 17.3 Å². The van der Waals surface area contributed by atoms with E-state index in [-0.39, 0.29) is 11.9 Å². The predicted molar refractivity (Wildman–Crippen MR) is 60.6 cm³/mol. The monoisotopic (exact) mass is 216 g/mol. The fourth-order valence-electron chi connectivity index (χ4n) is 1.17. The minimum atomic E-state index is -0.538. The summed E-state index contributed by atoms with van der Waals surface area (Å²) in [7, 11) is 1.61. The molecule has 0 aliphatic rings. The summed E-state index contributed by atoms with van der Waals surface area (Å²) in [5.41, 5.74) is -0.538. The highest BCUT2D eigenvalue weighted by Crippen LogP contribution is 2.29. The van der Waals surface area contributed by atoms with Gasteiger partial charge in [-0.15, -0.1) is 0 Å². The highest BCUT2D eigenvalue weighted by molar-refractivity contribution is 5.76. The first kappa shape index (κ1) is 14.4. The van der Waals surface area contributed by atoms with Crippen LogP contribution in [-0.2, 0) is 14.3 Å². The molecule has 0 aromatic heterocycles. The fraction of sp³-hybridized carbons (Fsp3) is 0.917. The number of carbonyl (C=O) groups is 1. The molecule has 90 valence electrons. The third-order valence-electron chi connectivity index (χ3n) is 2.73. The van der Waals surface area contributed by atoms with Crippen molar-refractivity contribution in [2.75, 3.05) is 20.3 Å². The Morgan fingerprint density at radius 1 is 1.27 bits per heavy atom. The maximum Gasteiger partial charge on any atom is 0.314 e. The molecule has 0 rings (SSSR count). The number of ether oxygens (including phenoxy) is 2. The summed E-state index contributed by atoms with van der Waals surface area (Å²) in [6.07, 6.45) is 0. The van der Waals surface area contributed by atoms with E-state index in [1.54, 1.807) is 7.11 Å². The van der Waals surface area contributed by atoms with Gasteiger partial charge >= 0.3 is 5.97 Å². The van der Waals surface area contributed by atoms with Gasteiger partial charge in [-0.2, -0.15) is 0 Å². The lowest BCUT2D eigenvalue weighted by atomic mass is 9.80. The number of rotatable bonds is 6. The van der Waals surface area contributed by atoms with Crippen molar-refractivity contribution < 1.29 is 14.3 Å². The summed E-state index contributed by atoms with van der Waals surface area (Å²) in [6, 6.07) is 0. The third-order valence-corrected chi connectivity index (χ3v) is 2.73. The molecule has 0 N–H and O–H groups in total. The maximum absolute atomic E-state index is 11.9. The Morgan fingerprint density at radius 3 is 2.13 bits per heavy atom. The van der Waals surface area contributed by atoms with Gasteiger partial charge in [0.15, 0.2) is 0 Å². The fourth-order valence-corrected chi connectivity index (χ4v) is 1.17. The topological polar surface area (TPSA) is 35.5 Å². The molecule has 0 amide bonds. The minimum absolute atomic E-state index is 0.159. The summed E-state index contributed by atoms with van der Waals surface area (Å²) in [4.78, 5) is 11.9. The van der Waals surface area contributed by atoms with Gasteiger partial charge in [-0.25, -0.2) is 0 Å². The van der Waals surface area contributed by atoms with Crippen molar-refractivity contribution in [3.8, 4) is 0 Å². The van der Waals surface area contributed by atoms with Gasteiger partial charge in [0.25, 0.3) is 0 Å². The molecular formula is C12H24O3. The molecule has 0 aliphatic carbocycles. The molecule has 0 radical (unpaired) electrons. The van der Waals surface area contributed by atoms with Crippen LogP contribution in [0.2, 0.25) is 0 Å². The van der Waals surface area contributed by atoms with Crippen LogP contribution in [0.25, 0.3) is 0 Å². The molecule has 0 aromatic rings. The Labute approximate surface area is 93.1 Å². The van der Waals surface area contributed by atoms with E-state index in [2.05, 4.69) is 0 Å². The summed E-state index contributed by atoms with van der Waals surface area (Å²) < 4.78 is 10.4. The summed E-state index contributed by atoms with van der Waals surface area (Å²) in [6.45, 7) is 10.8. The van der Waals surface area contributed by atoms with Crippen LogP contribution in [0.1, 0.15) is 34.6 Å². The van der Waals surface area contributed by atoms with E-state index in [0.717, 1.165) is 0 Å². The summed E-state index contributed by atoms with van der Waals surface area (Å²) in [5.74, 6) is 0.415. The molecule has 0 aromatic carbocycles. The van der Waals surface area contributed by atoms with Gasteiger partial charge < -0.3 is 9.47 Å². The Hall–Kier alpha value is -0.570. The van der Waals surface area contributed by atoms with Gasteiger partial charge in [-0.3, -0.25) is 4.79 Å². The molecule has 0 saturated carbocycles. The molecule has 0 bridgehead atoms. The van der Waals surface area contributed by atoms with E-state index in [4.69, 9.17) is 9.47 Å². The van der Waals surface area contributed by atoms with Crippen LogP contribution in [0.3, 0.4) is 0 Å². The van der Waals surface area contributed by atoms with Gasteiger partial charge in [-0.05, 0) is 18.8 Å². The Bertz CT molecular complexity index is 199. The highest BCUT2D eigenvalue weighted by Gasteiger charge is 2.38. The maximum atomic E-state index is 11.9. The van der Waals surface area contributed by atoms with Gasteiger partial charge in [-0.1, -0.05) is 27.7 Å². The summed E-state index contributed by atoms with van der Waals surface area (Å²) >= 11 is 0. The smallest absolute Gasteiger partial charge is 0.314 e. The quantitative estimate of drug-likeness (QED) is 0.640. The van der Waals surface area contributed by atoms with Crippen molar-refractivity contribution >= 4 is 5.97 Å². The normalized spacial score (nSPS) is 15.5. The first-order valence-corrected chi connectivity index (χ1v) is 5.50. The molecule has 1 unspecified atom stereocenters.